The summed E-state index contributed by atoms with van der Waals surface area (Å²) in [6.07, 6.45) is 1.08. The third-order valence-corrected chi connectivity index (χ3v) is 6.14. The molecule has 0 aliphatic rings. The number of halogens is 1. The Morgan fingerprint density at radius 1 is 1.04 bits per heavy atom. The predicted octanol–water partition coefficient (Wildman–Crippen LogP) is 3.40. The van der Waals surface area contributed by atoms with E-state index in [1.165, 1.54) is 0 Å². The van der Waals surface area contributed by atoms with Gasteiger partial charge in [-0.15, -0.1) is 24.0 Å². The summed E-state index contributed by atoms with van der Waals surface area (Å²) < 4.78 is 17.3. The smallest absolute Gasteiger partial charge is 0.408 e. The van der Waals surface area contributed by atoms with Crippen LogP contribution in [0.4, 0.5) is 4.79 Å². The average molecular weight is 533 g/mol. The SMILES string of the molecule is CCC(CC)(CNC(=NC)NCCS(=O)C(C)(C)C)NC(=O)OC(C)(C)C.I. The summed E-state index contributed by atoms with van der Waals surface area (Å²) in [6, 6.07) is 0. The van der Waals surface area contributed by atoms with E-state index in [1.54, 1.807) is 7.05 Å². The second kappa shape index (κ2) is 12.9. The average Bonchev–Trinajstić information content (AvgIpc) is 2.53. The Morgan fingerprint density at radius 3 is 1.96 bits per heavy atom. The molecule has 7 nitrogen and oxygen atoms in total. The fraction of sp³-hybridized carbons (Fsp3) is 0.895. The number of rotatable bonds is 8. The minimum atomic E-state index is -0.916. The first-order valence-corrected chi connectivity index (χ1v) is 10.9. The Balaban J connectivity index is 0. The highest BCUT2D eigenvalue weighted by molar-refractivity contribution is 14.0. The van der Waals surface area contributed by atoms with E-state index in [4.69, 9.17) is 4.74 Å². The van der Waals surface area contributed by atoms with Gasteiger partial charge in [-0.3, -0.25) is 9.20 Å². The minimum absolute atomic E-state index is 0. The van der Waals surface area contributed by atoms with Crippen molar-refractivity contribution in [3.63, 3.8) is 0 Å². The molecular weight excluding hydrogens is 491 g/mol. The molecule has 0 aromatic heterocycles. The Morgan fingerprint density at radius 2 is 1.57 bits per heavy atom. The van der Waals surface area contributed by atoms with Gasteiger partial charge in [0.05, 0.1) is 5.54 Å². The summed E-state index contributed by atoms with van der Waals surface area (Å²) in [5.74, 6) is 1.17. The molecule has 3 N–H and O–H groups in total. The lowest BCUT2D eigenvalue weighted by Gasteiger charge is -2.34. The maximum absolute atomic E-state index is 12.2. The highest BCUT2D eigenvalue weighted by Gasteiger charge is 2.30. The number of guanidine groups is 1. The largest absolute Gasteiger partial charge is 0.444 e. The number of nitrogens with one attached hydrogen (secondary N) is 3. The molecule has 0 aromatic carbocycles. The number of carbonyl (C=O) groups is 1. The third kappa shape index (κ3) is 12.1. The first-order chi connectivity index (χ1) is 12.3. The van der Waals surface area contributed by atoms with Gasteiger partial charge in [-0.25, -0.2) is 4.79 Å². The van der Waals surface area contributed by atoms with Gasteiger partial charge in [-0.2, -0.15) is 0 Å². The topological polar surface area (TPSA) is 91.8 Å². The standard InChI is InChI=1S/C19H40N4O3S.HI/c1-10-19(11-2,23-16(24)26-17(3,4)5)14-22-15(20-9)21-12-13-27(25)18(6,7)8;/h10-14H2,1-9H3,(H,23,24)(H2,20,21,22);1H. The summed E-state index contributed by atoms with van der Waals surface area (Å²) in [7, 11) is 0.775. The zero-order valence-electron chi connectivity index (χ0n) is 19.0. The molecule has 0 aromatic rings. The van der Waals surface area contributed by atoms with Gasteiger partial charge in [0.25, 0.3) is 0 Å². The van der Waals surface area contributed by atoms with E-state index in [-0.39, 0.29) is 28.7 Å². The van der Waals surface area contributed by atoms with Crippen molar-refractivity contribution in [2.45, 2.75) is 84.1 Å². The van der Waals surface area contributed by atoms with Gasteiger partial charge in [0, 0.05) is 41.4 Å². The monoisotopic (exact) mass is 532 g/mol. The molecule has 1 amide bonds. The highest BCUT2D eigenvalue weighted by atomic mass is 127. The van der Waals surface area contributed by atoms with Gasteiger partial charge in [0.2, 0.25) is 0 Å². The first-order valence-electron chi connectivity index (χ1n) is 9.62. The third-order valence-electron chi connectivity index (χ3n) is 4.20. The van der Waals surface area contributed by atoms with E-state index in [0.29, 0.717) is 24.8 Å². The maximum Gasteiger partial charge on any atom is 0.408 e. The Kier molecular flexibility index (Phi) is 13.6. The first kappa shape index (κ1) is 29.6. The molecule has 0 saturated carbocycles. The number of hydrogen-bond acceptors (Lipinski definition) is 4. The van der Waals surface area contributed by atoms with E-state index in [2.05, 4.69) is 20.9 Å². The van der Waals surface area contributed by atoms with Gasteiger partial charge in [0.1, 0.15) is 5.60 Å². The van der Waals surface area contributed by atoms with Crippen LogP contribution in [-0.4, -0.2) is 58.0 Å². The second-order valence-corrected chi connectivity index (χ2v) is 11.0. The molecule has 168 valence electrons. The van der Waals surface area contributed by atoms with Crippen LogP contribution in [0.1, 0.15) is 68.2 Å². The van der Waals surface area contributed by atoms with Crippen LogP contribution < -0.4 is 16.0 Å². The number of amides is 1. The molecule has 28 heavy (non-hydrogen) atoms. The Hall–Kier alpha value is -0.580. The van der Waals surface area contributed by atoms with E-state index in [0.717, 1.165) is 12.8 Å². The van der Waals surface area contributed by atoms with Crippen molar-refractivity contribution < 1.29 is 13.7 Å². The summed E-state index contributed by atoms with van der Waals surface area (Å²) in [6.45, 7) is 16.6. The fourth-order valence-electron chi connectivity index (χ4n) is 2.28. The number of carbonyl (C=O) groups excluding carboxylic acids is 1. The van der Waals surface area contributed by atoms with E-state index in [9.17, 15) is 9.00 Å². The van der Waals surface area contributed by atoms with E-state index >= 15 is 0 Å². The number of alkyl carbamates (subject to hydrolysis) is 1. The quantitative estimate of drug-likeness (QED) is 0.253. The van der Waals surface area contributed by atoms with E-state index < -0.39 is 28.0 Å². The zero-order chi connectivity index (χ0) is 21.3. The molecule has 0 fully saturated rings. The molecule has 0 heterocycles. The Bertz CT molecular complexity index is 524. The fourth-order valence-corrected chi connectivity index (χ4v) is 3.18. The van der Waals surface area contributed by atoms with Crippen LogP contribution >= 0.6 is 24.0 Å². The molecule has 0 spiro atoms. The summed E-state index contributed by atoms with van der Waals surface area (Å²) in [5.41, 5.74) is -0.973. The molecule has 0 rings (SSSR count). The molecule has 1 unspecified atom stereocenters. The van der Waals surface area contributed by atoms with Gasteiger partial charge in [-0.05, 0) is 54.4 Å². The number of nitrogens with zero attached hydrogens (tertiary/aromatic N) is 1. The zero-order valence-corrected chi connectivity index (χ0v) is 22.2. The van der Waals surface area contributed by atoms with E-state index in [1.807, 2.05) is 55.4 Å². The summed E-state index contributed by atoms with van der Waals surface area (Å²) in [4.78, 5) is 16.4. The molecular formula is C19H41IN4O3S. The van der Waals surface area contributed by atoms with Crippen molar-refractivity contribution in [2.24, 2.45) is 4.99 Å². The number of hydrogen-bond donors (Lipinski definition) is 3. The van der Waals surface area contributed by atoms with Crippen molar-refractivity contribution >= 4 is 46.8 Å². The lowest BCUT2D eigenvalue weighted by Crippen LogP contribution is -2.57. The molecule has 1 atom stereocenters. The maximum atomic E-state index is 12.2. The van der Waals surface area contributed by atoms with Gasteiger partial charge in [-0.1, -0.05) is 13.8 Å². The number of aliphatic imine (C=N–C) groups is 1. The predicted molar refractivity (Wildman–Crippen MR) is 130 cm³/mol. The lowest BCUT2D eigenvalue weighted by atomic mass is 9.93. The van der Waals surface area contributed by atoms with Crippen LogP contribution in [0, 0.1) is 0 Å². The van der Waals surface area contributed by atoms with Crippen LogP contribution in [0.2, 0.25) is 0 Å². The normalized spacial score (nSPS) is 14.0. The van der Waals surface area contributed by atoms with Gasteiger partial charge in [0.15, 0.2) is 5.96 Å². The van der Waals surface area contributed by atoms with Crippen LogP contribution in [0.25, 0.3) is 0 Å². The van der Waals surface area contributed by atoms with Crippen LogP contribution in [0.5, 0.6) is 0 Å². The molecule has 0 saturated heterocycles. The van der Waals surface area contributed by atoms with Crippen LogP contribution in [-0.2, 0) is 15.5 Å². The van der Waals surface area contributed by atoms with Crippen molar-refractivity contribution in [3.8, 4) is 0 Å². The van der Waals surface area contributed by atoms with Crippen molar-refractivity contribution in [2.75, 3.05) is 25.9 Å². The highest BCUT2D eigenvalue weighted by Crippen LogP contribution is 2.16. The second-order valence-electron chi connectivity index (χ2n) is 8.63. The summed E-state index contributed by atoms with van der Waals surface area (Å²) in [5, 5.41) is 9.45. The Labute approximate surface area is 191 Å². The minimum Gasteiger partial charge on any atom is -0.444 e. The number of ether oxygens (including phenoxy) is 1. The molecule has 0 radical (unpaired) electrons. The molecule has 0 aliphatic carbocycles. The molecule has 0 bridgehead atoms. The van der Waals surface area contributed by atoms with Crippen molar-refractivity contribution in [1.82, 2.24) is 16.0 Å². The summed E-state index contributed by atoms with van der Waals surface area (Å²) >= 11 is 0. The van der Waals surface area contributed by atoms with Gasteiger partial charge < -0.3 is 20.7 Å². The van der Waals surface area contributed by atoms with Crippen LogP contribution in [0.3, 0.4) is 0 Å². The van der Waals surface area contributed by atoms with Gasteiger partial charge >= 0.3 is 6.09 Å². The van der Waals surface area contributed by atoms with Crippen molar-refractivity contribution in [1.29, 1.82) is 0 Å². The van der Waals surface area contributed by atoms with Crippen molar-refractivity contribution in [3.05, 3.63) is 0 Å². The molecule has 9 heteroatoms. The lowest BCUT2D eigenvalue weighted by molar-refractivity contribution is 0.0448. The molecule has 0 aliphatic heterocycles. The van der Waals surface area contributed by atoms with Crippen LogP contribution in [0.15, 0.2) is 4.99 Å².